The first-order valence-corrected chi connectivity index (χ1v) is 6.15. The van der Waals surface area contributed by atoms with E-state index in [1.165, 1.54) is 5.56 Å². The van der Waals surface area contributed by atoms with Crippen LogP contribution in [0.3, 0.4) is 0 Å². The summed E-state index contributed by atoms with van der Waals surface area (Å²) in [5, 5.41) is 18.1. The van der Waals surface area contributed by atoms with Crippen LogP contribution in [0.4, 0.5) is 0 Å². The lowest BCUT2D eigenvalue weighted by Crippen LogP contribution is -2.23. The summed E-state index contributed by atoms with van der Waals surface area (Å²) in [5.74, 6) is 0.122. The molecule has 1 aromatic carbocycles. The van der Waals surface area contributed by atoms with Gasteiger partial charge in [0.1, 0.15) is 0 Å². The molecule has 0 heterocycles. The molecule has 4 heteroatoms. The fourth-order valence-corrected chi connectivity index (χ4v) is 1.94. The average molecular weight is 248 g/mol. The zero-order valence-electron chi connectivity index (χ0n) is 11.2. The molecule has 98 valence electrons. The molecule has 0 fully saturated rings. The van der Waals surface area contributed by atoms with E-state index >= 15 is 0 Å². The first-order valence-electron chi connectivity index (χ1n) is 6.15. The molecule has 0 aliphatic heterocycles. The molecule has 0 radical (unpaired) electrons. The second-order valence-electron chi connectivity index (χ2n) is 4.61. The average Bonchev–Trinajstić information content (AvgIpc) is 2.36. The zero-order valence-corrected chi connectivity index (χ0v) is 11.2. The Kier molecular flexibility index (Phi) is 6.12. The molecule has 0 unspecified atom stereocenters. The summed E-state index contributed by atoms with van der Waals surface area (Å²) in [7, 11) is 0.296. The Bertz CT molecular complexity index is 376. The second kappa shape index (κ2) is 7.36. The number of ether oxygens (including phenoxy) is 1. The van der Waals surface area contributed by atoms with Crippen molar-refractivity contribution < 1.29 is 14.8 Å². The van der Waals surface area contributed by atoms with Crippen molar-refractivity contribution >= 4 is 7.12 Å². The normalized spacial score (nSPS) is 15.3. The molecule has 18 heavy (non-hydrogen) atoms. The molecular formula is C14H21BO3. The van der Waals surface area contributed by atoms with Crippen LogP contribution in [0.15, 0.2) is 41.9 Å². The standard InChI is InChI=1S/C14H21BO3/c1-11(9-12(2)15(16)17)14(18-3)10-13-7-5-4-6-8-13/h4-9,11,14,16-17H,10H2,1-3H3/b12-9+/t11-,14-/m0/s1. The molecule has 1 aromatic rings. The molecule has 0 aromatic heterocycles. The van der Waals surface area contributed by atoms with Gasteiger partial charge in [0.15, 0.2) is 0 Å². The van der Waals surface area contributed by atoms with E-state index in [0.29, 0.717) is 5.47 Å². The summed E-state index contributed by atoms with van der Waals surface area (Å²) in [6.07, 6.45) is 2.69. The van der Waals surface area contributed by atoms with Crippen molar-refractivity contribution in [2.75, 3.05) is 7.11 Å². The highest BCUT2D eigenvalue weighted by molar-refractivity contribution is 6.50. The van der Waals surface area contributed by atoms with Gasteiger partial charge in [-0.1, -0.05) is 43.3 Å². The molecule has 0 aliphatic carbocycles. The van der Waals surface area contributed by atoms with Crippen LogP contribution in [0.5, 0.6) is 0 Å². The Morgan fingerprint density at radius 3 is 2.44 bits per heavy atom. The third-order valence-corrected chi connectivity index (χ3v) is 3.10. The van der Waals surface area contributed by atoms with Crippen molar-refractivity contribution in [1.29, 1.82) is 0 Å². The lowest BCUT2D eigenvalue weighted by Gasteiger charge is -2.21. The molecule has 0 spiro atoms. The number of methoxy groups -OCH3 is 1. The van der Waals surface area contributed by atoms with Gasteiger partial charge in [0.25, 0.3) is 0 Å². The minimum absolute atomic E-state index is 0.0288. The van der Waals surface area contributed by atoms with E-state index in [9.17, 15) is 0 Å². The van der Waals surface area contributed by atoms with E-state index < -0.39 is 7.12 Å². The minimum Gasteiger partial charge on any atom is -0.423 e. The number of rotatable bonds is 6. The Labute approximate surface area is 109 Å². The maximum Gasteiger partial charge on any atom is 0.483 e. The van der Waals surface area contributed by atoms with Crippen molar-refractivity contribution in [3.05, 3.63) is 47.4 Å². The van der Waals surface area contributed by atoms with Gasteiger partial charge >= 0.3 is 7.12 Å². The van der Waals surface area contributed by atoms with Gasteiger partial charge in [-0.3, -0.25) is 0 Å². The summed E-state index contributed by atoms with van der Waals surface area (Å²) in [6, 6.07) is 10.1. The molecule has 0 saturated carbocycles. The third-order valence-electron chi connectivity index (χ3n) is 3.10. The van der Waals surface area contributed by atoms with E-state index in [1.807, 2.05) is 31.2 Å². The summed E-state index contributed by atoms with van der Waals surface area (Å²) < 4.78 is 5.49. The molecule has 2 N–H and O–H groups in total. The van der Waals surface area contributed by atoms with Gasteiger partial charge in [-0.05, 0) is 24.4 Å². The van der Waals surface area contributed by atoms with Crippen molar-refractivity contribution in [2.24, 2.45) is 5.92 Å². The smallest absolute Gasteiger partial charge is 0.423 e. The van der Waals surface area contributed by atoms with Gasteiger partial charge < -0.3 is 14.8 Å². The maximum absolute atomic E-state index is 9.06. The van der Waals surface area contributed by atoms with E-state index in [4.69, 9.17) is 14.8 Å². The van der Waals surface area contributed by atoms with Gasteiger partial charge in [0, 0.05) is 13.0 Å². The minimum atomic E-state index is -1.39. The van der Waals surface area contributed by atoms with Crippen molar-refractivity contribution in [3.63, 3.8) is 0 Å². The quantitative estimate of drug-likeness (QED) is 0.755. The zero-order chi connectivity index (χ0) is 13.5. The van der Waals surface area contributed by atoms with Crippen LogP contribution in [0.2, 0.25) is 0 Å². The lowest BCUT2D eigenvalue weighted by atomic mass is 9.78. The highest BCUT2D eigenvalue weighted by atomic mass is 16.5. The Hall–Kier alpha value is -1.10. The summed E-state index contributed by atoms with van der Waals surface area (Å²) in [5.41, 5.74) is 1.77. The third kappa shape index (κ3) is 4.65. The molecule has 0 saturated heterocycles. The number of allylic oxidation sites excluding steroid dienone is 1. The largest absolute Gasteiger partial charge is 0.483 e. The first-order chi connectivity index (χ1) is 8.54. The second-order valence-corrected chi connectivity index (χ2v) is 4.61. The van der Waals surface area contributed by atoms with Crippen LogP contribution in [-0.2, 0) is 11.2 Å². The Balaban J connectivity index is 2.69. The topological polar surface area (TPSA) is 49.7 Å². The van der Waals surface area contributed by atoms with Crippen LogP contribution < -0.4 is 0 Å². The van der Waals surface area contributed by atoms with E-state index in [0.717, 1.165) is 6.42 Å². The van der Waals surface area contributed by atoms with Crippen molar-refractivity contribution in [3.8, 4) is 0 Å². The SMILES string of the molecule is CO[C@@H](Cc1ccccc1)[C@@H](C)/C=C(\C)B(O)O. The van der Waals surface area contributed by atoms with Crippen LogP contribution in [0.1, 0.15) is 19.4 Å². The van der Waals surface area contributed by atoms with Crippen molar-refractivity contribution in [2.45, 2.75) is 26.4 Å². The molecule has 0 amide bonds. The maximum atomic E-state index is 9.06. The van der Waals surface area contributed by atoms with E-state index in [1.54, 1.807) is 14.0 Å². The molecule has 0 aliphatic rings. The number of hydrogen-bond acceptors (Lipinski definition) is 3. The summed E-state index contributed by atoms with van der Waals surface area (Å²) in [4.78, 5) is 0. The predicted octanol–water partition coefficient (Wildman–Crippen LogP) is 1.84. The van der Waals surface area contributed by atoms with Gasteiger partial charge in [-0.15, -0.1) is 0 Å². The lowest BCUT2D eigenvalue weighted by molar-refractivity contribution is 0.0745. The van der Waals surface area contributed by atoms with Crippen LogP contribution >= 0.6 is 0 Å². The van der Waals surface area contributed by atoms with Gasteiger partial charge in [-0.25, -0.2) is 0 Å². The highest BCUT2D eigenvalue weighted by Gasteiger charge is 2.18. The monoisotopic (exact) mass is 248 g/mol. The predicted molar refractivity (Wildman–Crippen MR) is 74.1 cm³/mol. The summed E-state index contributed by atoms with van der Waals surface area (Å²) >= 11 is 0. The fourth-order valence-electron chi connectivity index (χ4n) is 1.94. The Morgan fingerprint density at radius 2 is 1.94 bits per heavy atom. The van der Waals surface area contributed by atoms with Gasteiger partial charge in [-0.2, -0.15) is 0 Å². The van der Waals surface area contributed by atoms with Crippen LogP contribution in [0.25, 0.3) is 0 Å². The molecule has 0 bridgehead atoms. The number of hydrogen-bond donors (Lipinski definition) is 2. The first kappa shape index (κ1) is 15.0. The number of benzene rings is 1. The molecular weight excluding hydrogens is 227 g/mol. The fraction of sp³-hybridized carbons (Fsp3) is 0.429. The van der Waals surface area contributed by atoms with Crippen molar-refractivity contribution in [1.82, 2.24) is 0 Å². The van der Waals surface area contributed by atoms with Crippen LogP contribution in [-0.4, -0.2) is 30.4 Å². The Morgan fingerprint density at radius 1 is 1.33 bits per heavy atom. The van der Waals surface area contributed by atoms with Crippen LogP contribution in [0, 0.1) is 5.92 Å². The van der Waals surface area contributed by atoms with Gasteiger partial charge in [0.2, 0.25) is 0 Å². The highest BCUT2D eigenvalue weighted by Crippen LogP contribution is 2.16. The summed E-state index contributed by atoms with van der Waals surface area (Å²) in [6.45, 7) is 3.72. The van der Waals surface area contributed by atoms with E-state index in [2.05, 4.69) is 12.1 Å². The van der Waals surface area contributed by atoms with E-state index in [-0.39, 0.29) is 12.0 Å². The molecule has 3 nitrogen and oxygen atoms in total. The molecule has 1 rings (SSSR count). The molecule has 2 atom stereocenters. The van der Waals surface area contributed by atoms with Gasteiger partial charge in [0.05, 0.1) is 6.10 Å².